The van der Waals surface area contributed by atoms with Crippen LogP contribution in [0.1, 0.15) is 0 Å². The third kappa shape index (κ3) is 391000. The molecule has 0 heterocycles. The average molecular weight is 378 g/mol. The minimum atomic E-state index is -5.17. The predicted molar refractivity (Wildman–Crippen MR) is 47.9 cm³/mol. The molecule has 1 unspecified atom stereocenters. The molecule has 9 nitrogen and oxygen atoms in total. The van der Waals surface area contributed by atoms with Crippen molar-refractivity contribution in [2.75, 3.05) is 0 Å². The fourth-order valence-electron chi connectivity index (χ4n) is 0. The van der Waals surface area contributed by atoms with E-state index in [1.807, 2.05) is 0 Å². The van der Waals surface area contributed by atoms with Crippen LogP contribution in [-0.4, -0.2) is 56.9 Å². The second kappa shape index (κ2) is 9.14. The van der Waals surface area contributed by atoms with E-state index in [4.69, 9.17) is 38.9 Å². The summed E-state index contributed by atoms with van der Waals surface area (Å²) in [5.74, 6) is 0. The molecule has 0 saturated heterocycles. The summed E-state index contributed by atoms with van der Waals surface area (Å²) >= 11 is 0. The first-order valence-electron chi connectivity index (χ1n) is 2.01. The molecule has 0 aromatic carbocycles. The van der Waals surface area contributed by atoms with E-state index in [2.05, 4.69) is 0 Å². The van der Waals surface area contributed by atoms with E-state index >= 15 is 0 Å². The van der Waals surface area contributed by atoms with Crippen molar-refractivity contribution in [3.63, 3.8) is 0 Å². The summed E-state index contributed by atoms with van der Waals surface area (Å²) in [4.78, 5) is 0. The van der Waals surface area contributed by atoms with Gasteiger partial charge in [0.25, 0.3) is 0 Å². The number of rotatable bonds is 0. The van der Waals surface area contributed by atoms with Crippen molar-refractivity contribution < 1.29 is 50.6 Å². The number of hydrogen-bond acceptors (Lipinski definition) is 6. The molecule has 0 radical (unpaired) electrons. The van der Waals surface area contributed by atoms with Crippen LogP contribution in [0.4, 0.5) is 11.7 Å². The van der Waals surface area contributed by atoms with Crippen LogP contribution in [0.3, 0.4) is 0 Å². The van der Waals surface area contributed by atoms with Gasteiger partial charge in [0.15, 0.2) is 0 Å². The average Bonchev–Trinajstić information content (AvgIpc) is 1.41. The third-order valence-corrected chi connectivity index (χ3v) is 0. The van der Waals surface area contributed by atoms with Crippen LogP contribution in [0.5, 0.6) is 0 Å². The molecule has 1 atom stereocenters. The van der Waals surface area contributed by atoms with Crippen LogP contribution in [0.25, 0.3) is 0 Å². The van der Waals surface area contributed by atoms with Crippen LogP contribution < -0.4 is 0 Å². The summed E-state index contributed by atoms with van der Waals surface area (Å²) < 4.78 is 102. The van der Waals surface area contributed by atoms with Gasteiger partial charge in [0.05, 0.1) is 0 Å². The minimum absolute atomic E-state index is 0. The zero-order valence-corrected chi connectivity index (χ0v) is 12.3. The molecule has 0 saturated carbocycles. The van der Waals surface area contributed by atoms with E-state index in [9.17, 15) is 11.7 Å². The van der Waals surface area contributed by atoms with E-state index in [0.29, 0.717) is 0 Å². The van der Waals surface area contributed by atoms with Crippen molar-refractivity contribution in [2.45, 2.75) is 0 Å². The monoisotopic (exact) mass is 378 g/mol. The molecule has 16 heteroatoms. The quantitative estimate of drug-likeness (QED) is 0.248. The van der Waals surface area contributed by atoms with E-state index in [1.54, 1.807) is 0 Å². The Balaban J connectivity index is -0.0000000655. The van der Waals surface area contributed by atoms with Crippen molar-refractivity contribution in [3.05, 3.63) is 0 Å². The molecule has 0 fully saturated rings. The van der Waals surface area contributed by atoms with Crippen molar-refractivity contribution in [1.29, 1.82) is 0 Å². The van der Waals surface area contributed by atoms with Crippen molar-refractivity contribution in [3.8, 4) is 0 Å². The van der Waals surface area contributed by atoms with Crippen LogP contribution >= 0.6 is 0 Å². The van der Waals surface area contributed by atoms with Crippen LogP contribution in [0.2, 0.25) is 0 Å². The number of halogens is 3. The van der Waals surface area contributed by atoms with Crippen LogP contribution in [0.15, 0.2) is 0 Å². The van der Waals surface area contributed by atoms with Gasteiger partial charge in [0, 0.05) is 0 Å². The van der Waals surface area contributed by atoms with Crippen molar-refractivity contribution in [1.82, 2.24) is 0 Å². The van der Waals surface area contributed by atoms with Gasteiger partial charge in [-0.25, -0.2) is 0 Å². The van der Waals surface area contributed by atoms with E-state index < -0.39 is 31.5 Å². The fraction of sp³-hybridized carbons (Fsp3) is 0. The Hall–Kier alpha value is 0.0784. The van der Waals surface area contributed by atoms with Gasteiger partial charge >= 0.3 is 49.5 Å². The Morgan fingerprint density at radius 2 is 0.562 bits per heavy atom. The topological polar surface area (TPSA) is 163 Å². The summed E-state index contributed by atoms with van der Waals surface area (Å²) in [7, 11) is -15.5. The van der Waals surface area contributed by atoms with E-state index in [0.717, 1.165) is 0 Å². The van der Waals surface area contributed by atoms with Crippen molar-refractivity contribution >= 4 is 49.5 Å². The second-order valence-electron chi connectivity index (χ2n) is 1.24. The van der Waals surface area contributed by atoms with Crippen LogP contribution in [0, 0.1) is 0 Å². The molecule has 16 heavy (non-hydrogen) atoms. The third-order valence-electron chi connectivity index (χ3n) is 0. The molecule has 0 bridgehead atoms. The zero-order valence-electron chi connectivity index (χ0n) is 6.86. The Morgan fingerprint density at radius 1 is 0.562 bits per heavy atom. The summed E-state index contributed by atoms with van der Waals surface area (Å²) in [6.45, 7) is 0. The van der Waals surface area contributed by atoms with Gasteiger partial charge in [-0.15, -0.1) is 0 Å². The Kier molecular flexibility index (Phi) is 14.3. The van der Waals surface area contributed by atoms with Gasteiger partial charge in [-0.2, -0.15) is 25.3 Å². The summed E-state index contributed by atoms with van der Waals surface area (Å²) in [6, 6.07) is 0. The van der Waals surface area contributed by atoms with E-state index in [1.165, 1.54) is 0 Å². The van der Waals surface area contributed by atoms with Gasteiger partial charge in [-0.05, 0) is 0 Å². The van der Waals surface area contributed by atoms with Gasteiger partial charge < -0.3 is 0 Å². The van der Waals surface area contributed by atoms with Gasteiger partial charge in [-0.3, -0.25) is 13.7 Å². The van der Waals surface area contributed by atoms with E-state index in [-0.39, 0.29) is 18.0 Å². The summed E-state index contributed by atoms with van der Waals surface area (Å²) in [6.07, 6.45) is 0. The Bertz CT molecular complexity index is 347. The Labute approximate surface area is 100 Å². The Morgan fingerprint density at radius 3 is 0.562 bits per heavy atom. The van der Waals surface area contributed by atoms with Gasteiger partial charge in [0.2, 0.25) is 0 Å². The molecule has 0 amide bonds. The normalized spacial score (nSPS) is 10.9. The molecule has 3 N–H and O–H groups in total. The first-order chi connectivity index (χ1) is 6.00. The molecule has 0 aromatic heterocycles. The maximum absolute atomic E-state index is 10.2. The summed E-state index contributed by atoms with van der Waals surface area (Å²) in [5.41, 5.74) is 0. The molecule has 104 valence electrons. The van der Waals surface area contributed by atoms with Gasteiger partial charge in [0.1, 0.15) is 0 Å². The standard InChI is InChI=1S/AsH3.3FHO3S/c;3*1-5(2,3)4/h1H3;3*(H,2,3,4). The van der Waals surface area contributed by atoms with Crippen LogP contribution in [-0.2, 0) is 31.5 Å². The molecular weight excluding hydrogens is 372 g/mol. The first kappa shape index (κ1) is 25.1. The molecule has 0 aliphatic rings. The molecule has 0 aliphatic carbocycles. The number of hydrogen-bond donors (Lipinski definition) is 3. The molecule has 0 aromatic rings. The first-order valence-corrected chi connectivity index (χ1v) is 6.03. The SMILES string of the molecule is O=S(=O)(O)F.O=S(=O)(O)F.O=S(=O)(O)F.[AsH3]. The summed E-state index contributed by atoms with van der Waals surface area (Å²) in [5, 5.41) is 0. The molecular formula is H6AsF3O9S3. The second-order valence-corrected chi connectivity index (χ2v) is 3.71. The molecule has 0 spiro atoms. The molecule has 0 aliphatic heterocycles. The molecule has 0 rings (SSSR count). The fourth-order valence-corrected chi connectivity index (χ4v) is 0. The predicted octanol–water partition coefficient (Wildman–Crippen LogP) is -1.91. The maximum atomic E-state index is 10.2. The zero-order chi connectivity index (χ0) is 13.5. The van der Waals surface area contributed by atoms with Crippen molar-refractivity contribution in [2.24, 2.45) is 0 Å². The van der Waals surface area contributed by atoms with Gasteiger partial charge in [-0.1, -0.05) is 11.7 Å².